The third kappa shape index (κ3) is 3.43. The smallest absolute Gasteiger partial charge is 0.337 e. The van der Waals surface area contributed by atoms with Crippen LogP contribution in [-0.2, 0) is 11.3 Å². The van der Waals surface area contributed by atoms with Gasteiger partial charge in [-0.05, 0) is 57.5 Å². The summed E-state index contributed by atoms with van der Waals surface area (Å²) in [4.78, 5) is 18.6. The second-order valence-electron chi connectivity index (χ2n) is 6.95. The Morgan fingerprint density at radius 1 is 1.25 bits per heavy atom. The van der Waals surface area contributed by atoms with Crippen molar-refractivity contribution in [3.63, 3.8) is 0 Å². The van der Waals surface area contributed by atoms with E-state index in [1.165, 1.54) is 7.11 Å². The van der Waals surface area contributed by atoms with Crippen molar-refractivity contribution < 1.29 is 18.6 Å². The third-order valence-corrected chi connectivity index (χ3v) is 5.17. The van der Waals surface area contributed by atoms with Crippen LogP contribution in [0, 0.1) is 13.8 Å². The van der Waals surface area contributed by atoms with Crippen LogP contribution in [0.15, 0.2) is 33.3 Å². The fourth-order valence-electron chi connectivity index (χ4n) is 3.62. The number of hydrogen-bond acceptors (Lipinski definition) is 8. The molecule has 146 valence electrons. The number of esters is 1. The minimum atomic E-state index is -0.367. The van der Waals surface area contributed by atoms with Crippen molar-refractivity contribution >= 4 is 5.97 Å². The van der Waals surface area contributed by atoms with Gasteiger partial charge in [0.2, 0.25) is 5.89 Å². The molecule has 3 aromatic rings. The van der Waals surface area contributed by atoms with Gasteiger partial charge in [0.25, 0.3) is 0 Å². The number of ether oxygens (including phenoxy) is 1. The van der Waals surface area contributed by atoms with Crippen LogP contribution in [-0.4, -0.2) is 39.8 Å². The molecule has 8 nitrogen and oxygen atoms in total. The number of benzene rings is 1. The van der Waals surface area contributed by atoms with Gasteiger partial charge < -0.3 is 9.15 Å². The topological polar surface area (TPSA) is 94.5 Å². The van der Waals surface area contributed by atoms with Gasteiger partial charge in [0, 0.05) is 12.1 Å². The highest BCUT2D eigenvalue weighted by Crippen LogP contribution is 2.34. The van der Waals surface area contributed by atoms with E-state index in [-0.39, 0.29) is 12.0 Å². The lowest BCUT2D eigenvalue weighted by Gasteiger charge is -2.21. The molecule has 0 N–H and O–H groups in total. The maximum atomic E-state index is 11.6. The lowest BCUT2D eigenvalue weighted by Crippen LogP contribution is -2.24. The summed E-state index contributed by atoms with van der Waals surface area (Å²) < 4.78 is 15.5. The molecule has 1 aliphatic heterocycles. The van der Waals surface area contributed by atoms with Crippen LogP contribution in [0.25, 0.3) is 11.5 Å². The van der Waals surface area contributed by atoms with Gasteiger partial charge in [-0.25, -0.2) is 14.4 Å². The first-order chi connectivity index (χ1) is 13.6. The van der Waals surface area contributed by atoms with Crippen LogP contribution in [0.1, 0.15) is 52.1 Å². The van der Waals surface area contributed by atoms with E-state index < -0.39 is 0 Å². The number of carbonyl (C=O) groups is 1. The molecular formula is C20H22N4O4. The summed E-state index contributed by atoms with van der Waals surface area (Å²) in [5, 5.41) is 7.99. The van der Waals surface area contributed by atoms with Gasteiger partial charge in [0.1, 0.15) is 17.1 Å². The molecule has 1 aromatic carbocycles. The standard InChI is InChI=1S/C20H22N4O4/c1-12-18(23-28-22-12)17-5-4-10-24(17)11-16-13(2)27-19(21-16)14-6-8-15(9-7-14)20(25)26-3/h6-9,17H,4-5,10-11H2,1-3H3/t17-/m0/s1. The number of aryl methyl sites for hydroxylation is 2. The van der Waals surface area contributed by atoms with Gasteiger partial charge in [0.15, 0.2) is 0 Å². The summed E-state index contributed by atoms with van der Waals surface area (Å²) in [5.41, 5.74) is 3.94. The number of rotatable bonds is 5. The van der Waals surface area contributed by atoms with E-state index in [1.54, 1.807) is 12.1 Å². The van der Waals surface area contributed by atoms with Gasteiger partial charge in [-0.1, -0.05) is 10.3 Å². The van der Waals surface area contributed by atoms with E-state index in [2.05, 4.69) is 15.2 Å². The Bertz CT molecular complexity index is 977. The molecular weight excluding hydrogens is 360 g/mol. The maximum Gasteiger partial charge on any atom is 0.337 e. The summed E-state index contributed by atoms with van der Waals surface area (Å²) in [5.74, 6) is 0.958. The highest BCUT2D eigenvalue weighted by molar-refractivity contribution is 5.89. The van der Waals surface area contributed by atoms with Crippen molar-refractivity contribution in [2.75, 3.05) is 13.7 Å². The third-order valence-electron chi connectivity index (χ3n) is 5.17. The first kappa shape index (κ1) is 18.4. The largest absolute Gasteiger partial charge is 0.465 e. The molecule has 1 saturated heterocycles. The summed E-state index contributed by atoms with van der Waals surface area (Å²) in [6.07, 6.45) is 2.11. The SMILES string of the molecule is COC(=O)c1ccc(-c2nc(CN3CCC[C@H]3c3nonc3C)c(C)o2)cc1. The van der Waals surface area contributed by atoms with E-state index in [9.17, 15) is 4.79 Å². The van der Waals surface area contributed by atoms with Gasteiger partial charge in [-0.3, -0.25) is 4.90 Å². The van der Waals surface area contributed by atoms with Crippen molar-refractivity contribution in [1.82, 2.24) is 20.2 Å². The molecule has 3 heterocycles. The Hall–Kier alpha value is -3.00. The Labute approximate surface area is 162 Å². The van der Waals surface area contributed by atoms with Crippen LogP contribution in [0.4, 0.5) is 0 Å². The number of likely N-dealkylation sites (tertiary alicyclic amines) is 1. The minimum Gasteiger partial charge on any atom is -0.465 e. The fourth-order valence-corrected chi connectivity index (χ4v) is 3.62. The molecule has 0 bridgehead atoms. The summed E-state index contributed by atoms with van der Waals surface area (Å²) in [6.45, 7) is 5.47. The molecule has 2 aromatic heterocycles. The number of nitrogens with zero attached hydrogens (tertiary/aromatic N) is 4. The van der Waals surface area contributed by atoms with Crippen LogP contribution in [0.3, 0.4) is 0 Å². The molecule has 1 aliphatic rings. The average molecular weight is 382 g/mol. The Morgan fingerprint density at radius 2 is 2.04 bits per heavy atom. The first-order valence-corrected chi connectivity index (χ1v) is 9.25. The fraction of sp³-hybridized carbons (Fsp3) is 0.400. The lowest BCUT2D eigenvalue weighted by atomic mass is 10.1. The summed E-state index contributed by atoms with van der Waals surface area (Å²) in [7, 11) is 1.36. The molecule has 28 heavy (non-hydrogen) atoms. The summed E-state index contributed by atoms with van der Waals surface area (Å²) in [6, 6.07) is 7.22. The monoisotopic (exact) mass is 382 g/mol. The Balaban J connectivity index is 1.53. The first-order valence-electron chi connectivity index (χ1n) is 9.25. The van der Waals surface area contributed by atoms with Crippen molar-refractivity contribution in [1.29, 1.82) is 0 Å². The molecule has 0 saturated carbocycles. The van der Waals surface area contributed by atoms with Crippen molar-refractivity contribution in [2.45, 2.75) is 39.3 Å². The predicted octanol–water partition coefficient (Wildman–Crippen LogP) is 3.47. The second-order valence-corrected chi connectivity index (χ2v) is 6.95. The highest BCUT2D eigenvalue weighted by Gasteiger charge is 2.31. The Kier molecular flexibility index (Phi) is 4.95. The van der Waals surface area contributed by atoms with Gasteiger partial charge >= 0.3 is 5.97 Å². The zero-order valence-corrected chi connectivity index (χ0v) is 16.1. The van der Waals surface area contributed by atoms with Crippen LogP contribution in [0.2, 0.25) is 0 Å². The minimum absolute atomic E-state index is 0.185. The Morgan fingerprint density at radius 3 is 2.71 bits per heavy atom. The average Bonchev–Trinajstić information content (AvgIpc) is 3.42. The van der Waals surface area contributed by atoms with Gasteiger partial charge in [-0.15, -0.1) is 0 Å². The molecule has 1 fully saturated rings. The van der Waals surface area contributed by atoms with Gasteiger partial charge in [-0.2, -0.15) is 0 Å². The lowest BCUT2D eigenvalue weighted by molar-refractivity contribution is 0.0600. The number of aromatic nitrogens is 3. The van der Waals surface area contributed by atoms with E-state index in [0.717, 1.165) is 47.8 Å². The molecule has 8 heteroatoms. The highest BCUT2D eigenvalue weighted by atomic mass is 16.6. The molecule has 4 rings (SSSR count). The van der Waals surface area contributed by atoms with Crippen LogP contribution in [0.5, 0.6) is 0 Å². The van der Waals surface area contributed by atoms with E-state index in [1.807, 2.05) is 26.0 Å². The van der Waals surface area contributed by atoms with E-state index >= 15 is 0 Å². The predicted molar refractivity (Wildman–Crippen MR) is 99.4 cm³/mol. The summed E-state index contributed by atoms with van der Waals surface area (Å²) >= 11 is 0. The molecule has 0 radical (unpaired) electrons. The molecule has 1 atom stereocenters. The van der Waals surface area contributed by atoms with Crippen molar-refractivity contribution in [2.24, 2.45) is 0 Å². The number of oxazole rings is 1. The van der Waals surface area contributed by atoms with Crippen molar-refractivity contribution in [3.8, 4) is 11.5 Å². The zero-order chi connectivity index (χ0) is 19.7. The number of hydrogen-bond donors (Lipinski definition) is 0. The normalized spacial score (nSPS) is 17.2. The molecule has 0 aliphatic carbocycles. The zero-order valence-electron chi connectivity index (χ0n) is 16.1. The quantitative estimate of drug-likeness (QED) is 0.619. The van der Waals surface area contributed by atoms with E-state index in [0.29, 0.717) is 18.0 Å². The molecule has 0 amide bonds. The van der Waals surface area contributed by atoms with Gasteiger partial charge in [0.05, 0.1) is 24.4 Å². The second kappa shape index (κ2) is 7.55. The van der Waals surface area contributed by atoms with Crippen LogP contribution < -0.4 is 0 Å². The molecule has 0 unspecified atom stereocenters. The van der Waals surface area contributed by atoms with E-state index in [4.69, 9.17) is 18.8 Å². The number of methoxy groups -OCH3 is 1. The molecule has 0 spiro atoms. The number of carbonyl (C=O) groups excluding carboxylic acids is 1. The van der Waals surface area contributed by atoms with Crippen molar-refractivity contribution in [3.05, 3.63) is 52.7 Å². The van der Waals surface area contributed by atoms with Crippen LogP contribution >= 0.6 is 0 Å². The maximum absolute atomic E-state index is 11.6.